The van der Waals surface area contributed by atoms with E-state index in [4.69, 9.17) is 0 Å². The second-order valence-electron chi connectivity index (χ2n) is 8.18. The third-order valence-electron chi connectivity index (χ3n) is 5.79. The van der Waals surface area contributed by atoms with Gasteiger partial charge in [-0.1, -0.05) is 48.5 Å². The largest absolute Gasteiger partial charge is 0.480 e. The molecule has 0 aromatic heterocycles. The fraction of sp³-hybridized carbons (Fsp3) is 0.360. The Balaban J connectivity index is 1.64. The number of ketones is 1. The predicted molar refractivity (Wildman–Crippen MR) is 123 cm³/mol. The van der Waals surface area contributed by atoms with Gasteiger partial charge in [-0.05, 0) is 43.9 Å². The van der Waals surface area contributed by atoms with Gasteiger partial charge in [0.2, 0.25) is 5.91 Å². The first kappa shape index (κ1) is 24.1. The molecule has 33 heavy (non-hydrogen) atoms. The van der Waals surface area contributed by atoms with Gasteiger partial charge in [-0.25, -0.2) is 4.79 Å². The van der Waals surface area contributed by atoms with Crippen molar-refractivity contribution in [3.63, 3.8) is 0 Å². The lowest BCUT2D eigenvalue weighted by Crippen LogP contribution is -2.52. The van der Waals surface area contributed by atoms with Crippen LogP contribution in [0, 0.1) is 0 Å². The van der Waals surface area contributed by atoms with Gasteiger partial charge in [0.05, 0.1) is 18.6 Å². The average molecular weight is 452 g/mol. The highest BCUT2D eigenvalue weighted by Gasteiger charge is 2.36. The van der Waals surface area contributed by atoms with Gasteiger partial charge in [0.15, 0.2) is 5.78 Å². The van der Waals surface area contributed by atoms with Gasteiger partial charge in [0.25, 0.3) is 5.91 Å². The smallest absolute Gasteiger partial charge is 0.326 e. The molecule has 174 valence electrons. The minimum absolute atomic E-state index is 0.134. The molecule has 0 spiro atoms. The number of benzene rings is 2. The molecular weight excluding hydrogens is 422 g/mol. The van der Waals surface area contributed by atoms with Crippen LogP contribution in [0.15, 0.2) is 60.7 Å². The third-order valence-corrected chi connectivity index (χ3v) is 5.79. The maximum Gasteiger partial charge on any atom is 0.326 e. The van der Waals surface area contributed by atoms with Crippen LogP contribution in [0.4, 0.5) is 0 Å². The molecule has 1 aliphatic heterocycles. The minimum atomic E-state index is -1.02. The van der Waals surface area contributed by atoms with Crippen molar-refractivity contribution in [1.29, 1.82) is 0 Å². The summed E-state index contributed by atoms with van der Waals surface area (Å²) in [4.78, 5) is 51.2. The molecule has 0 bridgehead atoms. The van der Waals surface area contributed by atoms with E-state index in [9.17, 15) is 24.3 Å². The van der Waals surface area contributed by atoms with Gasteiger partial charge in [-0.15, -0.1) is 0 Å². The first-order valence-corrected chi connectivity index (χ1v) is 11.1. The fourth-order valence-corrected chi connectivity index (χ4v) is 3.93. The Morgan fingerprint density at radius 1 is 1.03 bits per heavy atom. The summed E-state index contributed by atoms with van der Waals surface area (Å²) in [6.07, 6.45) is 1.38. The van der Waals surface area contributed by atoms with E-state index < -0.39 is 24.1 Å². The molecule has 2 aromatic carbocycles. The first-order valence-electron chi connectivity index (χ1n) is 11.1. The van der Waals surface area contributed by atoms with E-state index in [1.807, 2.05) is 30.3 Å². The van der Waals surface area contributed by atoms with E-state index in [1.165, 1.54) is 4.90 Å². The monoisotopic (exact) mass is 451 g/mol. The topological polar surface area (TPSA) is 116 Å². The van der Waals surface area contributed by atoms with Gasteiger partial charge in [-0.3, -0.25) is 19.7 Å². The number of aliphatic carboxylic acids is 1. The number of carbonyl (C=O) groups excluding carboxylic acids is 3. The Labute approximate surface area is 193 Å². The van der Waals surface area contributed by atoms with E-state index in [0.29, 0.717) is 31.4 Å². The van der Waals surface area contributed by atoms with E-state index in [1.54, 1.807) is 37.3 Å². The number of carbonyl (C=O) groups is 4. The van der Waals surface area contributed by atoms with Crippen LogP contribution < -0.4 is 10.6 Å². The summed E-state index contributed by atoms with van der Waals surface area (Å²) in [6.45, 7) is 1.87. The summed E-state index contributed by atoms with van der Waals surface area (Å²) in [7, 11) is 0. The lowest BCUT2D eigenvalue weighted by atomic mass is 10.0. The number of carboxylic acids is 1. The highest BCUT2D eigenvalue weighted by Crippen LogP contribution is 2.18. The molecule has 3 rings (SSSR count). The predicted octanol–water partition coefficient (Wildman–Crippen LogP) is 1.65. The van der Waals surface area contributed by atoms with E-state index in [0.717, 1.165) is 5.56 Å². The van der Waals surface area contributed by atoms with E-state index in [-0.39, 0.29) is 24.1 Å². The van der Waals surface area contributed by atoms with Gasteiger partial charge in [0, 0.05) is 12.1 Å². The number of hydrogen-bond acceptors (Lipinski definition) is 5. The van der Waals surface area contributed by atoms with Crippen LogP contribution in [0.1, 0.15) is 35.7 Å². The molecule has 1 aliphatic rings. The Morgan fingerprint density at radius 3 is 2.30 bits per heavy atom. The molecular formula is C25H29N3O5. The van der Waals surface area contributed by atoms with Crippen LogP contribution in [0.25, 0.3) is 0 Å². The van der Waals surface area contributed by atoms with Crippen molar-refractivity contribution in [3.05, 3.63) is 71.8 Å². The quantitative estimate of drug-likeness (QED) is 0.506. The van der Waals surface area contributed by atoms with Crippen LogP contribution in [0.3, 0.4) is 0 Å². The third kappa shape index (κ3) is 6.49. The SMILES string of the molecule is C[C@H](NCC(=O)C(Cc1ccccc1)NC(=O)c1ccccc1)C(=O)N1CCC[C@H]1C(=O)O. The number of amides is 2. The van der Waals surface area contributed by atoms with Crippen molar-refractivity contribution < 1.29 is 24.3 Å². The average Bonchev–Trinajstić information content (AvgIpc) is 3.33. The zero-order valence-corrected chi connectivity index (χ0v) is 18.6. The van der Waals surface area contributed by atoms with Gasteiger partial charge >= 0.3 is 5.97 Å². The van der Waals surface area contributed by atoms with Gasteiger partial charge < -0.3 is 15.3 Å². The van der Waals surface area contributed by atoms with Crippen molar-refractivity contribution in [1.82, 2.24) is 15.5 Å². The number of rotatable bonds is 10. The van der Waals surface area contributed by atoms with E-state index >= 15 is 0 Å². The zero-order valence-electron chi connectivity index (χ0n) is 18.6. The molecule has 3 N–H and O–H groups in total. The Morgan fingerprint density at radius 2 is 1.67 bits per heavy atom. The number of likely N-dealkylation sites (tertiary alicyclic amines) is 1. The fourth-order valence-electron chi connectivity index (χ4n) is 3.93. The van der Waals surface area contributed by atoms with Crippen molar-refractivity contribution >= 4 is 23.6 Å². The highest BCUT2D eigenvalue weighted by molar-refractivity contribution is 5.98. The number of carboxylic acid groups (broad SMARTS) is 1. The molecule has 3 atom stereocenters. The molecule has 0 saturated carbocycles. The lowest BCUT2D eigenvalue weighted by molar-refractivity contribution is -0.148. The van der Waals surface area contributed by atoms with E-state index in [2.05, 4.69) is 10.6 Å². The van der Waals surface area contributed by atoms with Crippen molar-refractivity contribution in [2.75, 3.05) is 13.1 Å². The van der Waals surface area contributed by atoms with Crippen molar-refractivity contribution in [2.24, 2.45) is 0 Å². The number of nitrogens with zero attached hydrogens (tertiary/aromatic N) is 1. The van der Waals surface area contributed by atoms with Crippen molar-refractivity contribution in [2.45, 2.75) is 44.3 Å². The van der Waals surface area contributed by atoms with Crippen LogP contribution in [0.2, 0.25) is 0 Å². The Kier molecular flexibility index (Phi) is 8.32. The first-order chi connectivity index (χ1) is 15.9. The second-order valence-corrected chi connectivity index (χ2v) is 8.18. The molecule has 8 heteroatoms. The molecule has 1 unspecified atom stereocenters. The number of hydrogen-bond donors (Lipinski definition) is 3. The molecule has 1 fully saturated rings. The summed E-state index contributed by atoms with van der Waals surface area (Å²) in [6, 6.07) is 15.7. The standard InChI is InChI=1S/C25H29N3O5/c1-17(24(31)28-14-8-13-21(28)25(32)33)26-16-22(29)20(15-18-9-4-2-5-10-18)27-23(30)19-11-6-3-7-12-19/h2-7,9-12,17,20-21,26H,8,13-16H2,1H3,(H,27,30)(H,32,33)/t17-,20?,21-/m0/s1. The van der Waals surface area contributed by atoms with Crippen molar-refractivity contribution in [3.8, 4) is 0 Å². The molecule has 8 nitrogen and oxygen atoms in total. The second kappa shape index (κ2) is 11.4. The Hall–Kier alpha value is -3.52. The molecule has 2 amide bonds. The van der Waals surface area contributed by atoms with Crippen LogP contribution >= 0.6 is 0 Å². The van der Waals surface area contributed by atoms with Crippen LogP contribution in [-0.2, 0) is 20.8 Å². The van der Waals surface area contributed by atoms with Gasteiger partial charge in [-0.2, -0.15) is 0 Å². The van der Waals surface area contributed by atoms with Crippen LogP contribution in [0.5, 0.6) is 0 Å². The van der Waals surface area contributed by atoms with Crippen LogP contribution in [-0.4, -0.2) is 64.8 Å². The summed E-state index contributed by atoms with van der Waals surface area (Å²) in [5.41, 5.74) is 1.35. The van der Waals surface area contributed by atoms with Gasteiger partial charge in [0.1, 0.15) is 6.04 Å². The number of nitrogens with one attached hydrogen (secondary N) is 2. The molecule has 1 heterocycles. The highest BCUT2D eigenvalue weighted by atomic mass is 16.4. The minimum Gasteiger partial charge on any atom is -0.480 e. The lowest BCUT2D eigenvalue weighted by Gasteiger charge is -2.26. The Bertz CT molecular complexity index is 980. The molecule has 2 aromatic rings. The molecule has 0 aliphatic carbocycles. The molecule has 1 saturated heterocycles. The summed E-state index contributed by atoms with van der Waals surface area (Å²) in [5.74, 6) is -1.98. The maximum absolute atomic E-state index is 13.0. The molecule has 0 radical (unpaired) electrons. The maximum atomic E-state index is 13.0. The zero-order chi connectivity index (χ0) is 23.8. The normalized spacial score (nSPS) is 17.2. The summed E-state index contributed by atoms with van der Waals surface area (Å²) >= 11 is 0. The number of Topliss-reactive ketones (excluding diaryl/α,β-unsaturated/α-hetero) is 1. The summed E-state index contributed by atoms with van der Waals surface area (Å²) < 4.78 is 0. The summed E-state index contributed by atoms with van der Waals surface area (Å²) in [5, 5.41) is 15.0.